The maximum absolute atomic E-state index is 12.7. The third kappa shape index (κ3) is 5.34. The lowest BCUT2D eigenvalue weighted by Gasteiger charge is -2.08. The van der Waals surface area contributed by atoms with Crippen molar-refractivity contribution in [2.75, 3.05) is 12.4 Å². The lowest BCUT2D eigenvalue weighted by Crippen LogP contribution is -2.08. The van der Waals surface area contributed by atoms with Crippen molar-refractivity contribution < 1.29 is 23.5 Å². The Kier molecular flexibility index (Phi) is 7.28. The quantitative estimate of drug-likeness (QED) is 0.196. The summed E-state index contributed by atoms with van der Waals surface area (Å²) in [6.45, 7) is 1.30. The van der Waals surface area contributed by atoms with E-state index in [2.05, 4.69) is 11.4 Å². The average Bonchev–Trinajstić information content (AvgIpc) is 3.26. The number of hydrogen-bond donors (Lipinski definition) is 1. The van der Waals surface area contributed by atoms with E-state index in [-0.39, 0.29) is 17.2 Å². The predicted octanol–water partition coefficient (Wildman–Crippen LogP) is 6.07. The summed E-state index contributed by atoms with van der Waals surface area (Å²) in [5.41, 5.74) is 3.06. The summed E-state index contributed by atoms with van der Waals surface area (Å²) in [6, 6.07) is 25.9. The fourth-order valence-electron chi connectivity index (χ4n) is 3.65. The minimum absolute atomic E-state index is 0.0626. The van der Waals surface area contributed by atoms with Crippen molar-refractivity contribution in [1.29, 1.82) is 5.26 Å². The SMILES string of the molecule is COc1cc(/C=C/C(=O)Nc2oc(-c3ccccc3)c(-c3ccccc3)c2C#N)ccc1OC(C)=O. The van der Waals surface area contributed by atoms with Gasteiger partial charge in [0.2, 0.25) is 5.88 Å². The van der Waals surface area contributed by atoms with Gasteiger partial charge in [-0.1, -0.05) is 66.7 Å². The molecule has 0 fully saturated rings. The van der Waals surface area contributed by atoms with Crippen molar-refractivity contribution in [3.05, 3.63) is 96.1 Å². The van der Waals surface area contributed by atoms with Crippen LogP contribution in [0.25, 0.3) is 28.5 Å². The molecule has 0 spiro atoms. The van der Waals surface area contributed by atoms with E-state index in [1.165, 1.54) is 20.1 Å². The van der Waals surface area contributed by atoms with Crippen molar-refractivity contribution in [3.63, 3.8) is 0 Å². The molecule has 1 amide bonds. The molecule has 0 atom stereocenters. The number of hydrogen-bond acceptors (Lipinski definition) is 6. The van der Waals surface area contributed by atoms with Crippen LogP contribution in [-0.2, 0) is 9.59 Å². The number of carbonyl (C=O) groups excluding carboxylic acids is 2. The van der Waals surface area contributed by atoms with E-state index in [0.29, 0.717) is 22.6 Å². The molecule has 36 heavy (non-hydrogen) atoms. The van der Waals surface area contributed by atoms with Crippen molar-refractivity contribution in [3.8, 4) is 40.0 Å². The summed E-state index contributed by atoms with van der Waals surface area (Å²) in [5, 5.41) is 12.6. The van der Waals surface area contributed by atoms with Crippen LogP contribution < -0.4 is 14.8 Å². The number of ether oxygens (including phenoxy) is 2. The molecular weight excluding hydrogens is 456 g/mol. The minimum atomic E-state index is -0.484. The number of benzene rings is 3. The summed E-state index contributed by atoms with van der Waals surface area (Å²) < 4.78 is 16.4. The molecule has 0 radical (unpaired) electrons. The van der Waals surface area contributed by atoms with E-state index in [1.54, 1.807) is 24.3 Å². The van der Waals surface area contributed by atoms with Gasteiger partial charge in [-0.25, -0.2) is 0 Å². The normalized spacial score (nSPS) is 10.6. The Morgan fingerprint density at radius 3 is 2.22 bits per heavy atom. The van der Waals surface area contributed by atoms with Gasteiger partial charge in [0.05, 0.1) is 7.11 Å². The summed E-state index contributed by atoms with van der Waals surface area (Å²) in [5.74, 6) is 0.235. The third-order valence-corrected chi connectivity index (χ3v) is 5.22. The molecule has 4 rings (SSSR count). The van der Waals surface area contributed by atoms with Crippen LogP contribution in [0.1, 0.15) is 18.1 Å². The van der Waals surface area contributed by atoms with Crippen molar-refractivity contribution in [2.45, 2.75) is 6.92 Å². The lowest BCUT2D eigenvalue weighted by molar-refractivity contribution is -0.132. The number of carbonyl (C=O) groups is 2. The molecule has 0 bridgehead atoms. The summed E-state index contributed by atoms with van der Waals surface area (Å²) in [6.07, 6.45) is 2.88. The first-order valence-electron chi connectivity index (χ1n) is 11.0. The van der Waals surface area contributed by atoms with Gasteiger partial charge in [0, 0.05) is 24.1 Å². The molecule has 0 aliphatic carbocycles. The Labute approximate surface area is 208 Å². The van der Waals surface area contributed by atoms with E-state index >= 15 is 0 Å². The van der Waals surface area contributed by atoms with Crippen LogP contribution >= 0.6 is 0 Å². The van der Waals surface area contributed by atoms with Crippen molar-refractivity contribution in [1.82, 2.24) is 0 Å². The Bertz CT molecular complexity index is 1470. The second-order valence-corrected chi connectivity index (χ2v) is 7.68. The number of nitrogens with zero attached hydrogens (tertiary/aromatic N) is 1. The van der Waals surface area contributed by atoms with Crippen LogP contribution in [0.4, 0.5) is 5.88 Å². The van der Waals surface area contributed by atoms with E-state index in [4.69, 9.17) is 13.9 Å². The standard InChI is InChI=1S/C29H22N2O5/c1-19(32)35-24-15-13-20(17-25(24)34-2)14-16-26(33)31-29-23(18-30)27(21-9-5-3-6-10-21)28(36-29)22-11-7-4-8-12-22/h3-17H,1-2H3,(H,31,33)/b16-14+. The van der Waals surface area contributed by atoms with Crippen LogP contribution in [0.3, 0.4) is 0 Å². The maximum Gasteiger partial charge on any atom is 0.308 e. The molecular formula is C29H22N2O5. The second kappa shape index (κ2) is 10.9. The summed E-state index contributed by atoms with van der Waals surface area (Å²) in [4.78, 5) is 24.0. The number of esters is 1. The van der Waals surface area contributed by atoms with Gasteiger partial charge in [-0.15, -0.1) is 0 Å². The van der Waals surface area contributed by atoms with Gasteiger partial charge in [0.25, 0.3) is 5.91 Å². The molecule has 1 N–H and O–H groups in total. The molecule has 1 aromatic heterocycles. The van der Waals surface area contributed by atoms with Gasteiger partial charge < -0.3 is 13.9 Å². The van der Waals surface area contributed by atoms with Crippen molar-refractivity contribution in [2.24, 2.45) is 0 Å². The van der Waals surface area contributed by atoms with Crippen LogP contribution in [0.15, 0.2) is 89.4 Å². The monoisotopic (exact) mass is 478 g/mol. The summed E-state index contributed by atoms with van der Waals surface area (Å²) in [7, 11) is 1.46. The van der Waals surface area contributed by atoms with E-state index in [0.717, 1.165) is 11.1 Å². The zero-order chi connectivity index (χ0) is 25.5. The van der Waals surface area contributed by atoms with Gasteiger partial charge >= 0.3 is 5.97 Å². The molecule has 4 aromatic rings. The molecule has 0 aliphatic rings. The fraction of sp³-hybridized carbons (Fsp3) is 0.0690. The van der Waals surface area contributed by atoms with E-state index < -0.39 is 11.9 Å². The number of furan rings is 1. The Morgan fingerprint density at radius 1 is 0.944 bits per heavy atom. The molecule has 1 heterocycles. The van der Waals surface area contributed by atoms with E-state index in [9.17, 15) is 14.9 Å². The number of anilines is 1. The molecule has 0 saturated carbocycles. The largest absolute Gasteiger partial charge is 0.493 e. The number of methoxy groups -OCH3 is 1. The smallest absolute Gasteiger partial charge is 0.308 e. The second-order valence-electron chi connectivity index (χ2n) is 7.68. The molecule has 0 unspecified atom stereocenters. The van der Waals surface area contributed by atoms with Crippen LogP contribution in [0.2, 0.25) is 0 Å². The van der Waals surface area contributed by atoms with Gasteiger partial charge in [-0.05, 0) is 29.3 Å². The molecule has 7 nitrogen and oxygen atoms in total. The fourth-order valence-corrected chi connectivity index (χ4v) is 3.65. The highest BCUT2D eigenvalue weighted by Crippen LogP contribution is 2.41. The Morgan fingerprint density at radius 2 is 1.61 bits per heavy atom. The molecule has 178 valence electrons. The molecule has 3 aromatic carbocycles. The molecule has 7 heteroatoms. The van der Waals surface area contributed by atoms with E-state index in [1.807, 2.05) is 60.7 Å². The first-order chi connectivity index (χ1) is 17.5. The molecule has 0 saturated heterocycles. The third-order valence-electron chi connectivity index (χ3n) is 5.22. The van der Waals surface area contributed by atoms with Crippen LogP contribution in [-0.4, -0.2) is 19.0 Å². The number of nitriles is 1. The maximum atomic E-state index is 12.7. The van der Waals surface area contributed by atoms with Crippen LogP contribution in [0.5, 0.6) is 11.5 Å². The number of nitrogens with one attached hydrogen (secondary N) is 1. The summed E-state index contributed by atoms with van der Waals surface area (Å²) >= 11 is 0. The minimum Gasteiger partial charge on any atom is -0.493 e. The first-order valence-corrected chi connectivity index (χ1v) is 11.0. The topological polar surface area (TPSA) is 102 Å². The Hall–Kier alpha value is -5.09. The molecule has 0 aliphatic heterocycles. The zero-order valence-corrected chi connectivity index (χ0v) is 19.6. The number of amides is 1. The predicted molar refractivity (Wildman–Crippen MR) is 136 cm³/mol. The van der Waals surface area contributed by atoms with Gasteiger partial charge in [0.1, 0.15) is 17.4 Å². The number of rotatable bonds is 7. The average molecular weight is 479 g/mol. The Balaban J connectivity index is 1.64. The van der Waals surface area contributed by atoms with Gasteiger partial charge in [0.15, 0.2) is 11.5 Å². The highest BCUT2D eigenvalue weighted by molar-refractivity contribution is 6.03. The van der Waals surface area contributed by atoms with Gasteiger partial charge in [-0.3, -0.25) is 14.9 Å². The van der Waals surface area contributed by atoms with Crippen LogP contribution in [0, 0.1) is 11.3 Å². The highest BCUT2D eigenvalue weighted by Gasteiger charge is 2.23. The van der Waals surface area contributed by atoms with Crippen molar-refractivity contribution >= 4 is 23.8 Å². The lowest BCUT2D eigenvalue weighted by atomic mass is 9.98. The van der Waals surface area contributed by atoms with Gasteiger partial charge in [-0.2, -0.15) is 5.26 Å². The highest BCUT2D eigenvalue weighted by atomic mass is 16.6. The first kappa shape index (κ1) is 24.0. The zero-order valence-electron chi connectivity index (χ0n) is 19.6.